The molecule has 106 valence electrons. The molecule has 2 aromatic heterocycles. The number of nitrogens with zero attached hydrogens (tertiary/aromatic N) is 2. The standard InChI is InChI=1S/C15H10ClFN2OS/c1-9-2-5-14(21-9)15-10(8-20)7-19(18-15)11-3-4-12(16)13(17)6-11/h2-8H,1H3. The summed E-state index contributed by atoms with van der Waals surface area (Å²) < 4.78 is 15.0. The van der Waals surface area contributed by atoms with Crippen LogP contribution in [0.5, 0.6) is 0 Å². The minimum Gasteiger partial charge on any atom is -0.298 e. The second-order valence-corrected chi connectivity index (χ2v) is 6.20. The number of benzene rings is 1. The van der Waals surface area contributed by atoms with Gasteiger partial charge in [-0.2, -0.15) is 5.10 Å². The van der Waals surface area contributed by atoms with Crippen LogP contribution in [0.15, 0.2) is 36.5 Å². The fourth-order valence-electron chi connectivity index (χ4n) is 1.99. The summed E-state index contributed by atoms with van der Waals surface area (Å²) in [6.45, 7) is 1.99. The lowest BCUT2D eigenvalue weighted by Gasteiger charge is -2.02. The Hall–Kier alpha value is -1.98. The first-order chi connectivity index (χ1) is 10.1. The zero-order valence-electron chi connectivity index (χ0n) is 11.0. The van der Waals surface area contributed by atoms with Crippen LogP contribution in [-0.4, -0.2) is 16.1 Å². The summed E-state index contributed by atoms with van der Waals surface area (Å²) in [6, 6.07) is 8.28. The number of aryl methyl sites for hydroxylation is 1. The maximum absolute atomic E-state index is 13.5. The summed E-state index contributed by atoms with van der Waals surface area (Å²) in [5.74, 6) is -0.522. The van der Waals surface area contributed by atoms with E-state index in [0.717, 1.165) is 16.0 Å². The molecule has 21 heavy (non-hydrogen) atoms. The fourth-order valence-corrected chi connectivity index (χ4v) is 2.98. The zero-order chi connectivity index (χ0) is 15.0. The van der Waals surface area contributed by atoms with Gasteiger partial charge in [-0.1, -0.05) is 11.6 Å². The molecule has 0 N–H and O–H groups in total. The van der Waals surface area contributed by atoms with Crippen LogP contribution in [0.4, 0.5) is 4.39 Å². The lowest BCUT2D eigenvalue weighted by atomic mass is 10.2. The molecule has 0 unspecified atom stereocenters. The van der Waals surface area contributed by atoms with Gasteiger partial charge in [0.15, 0.2) is 6.29 Å². The highest BCUT2D eigenvalue weighted by molar-refractivity contribution is 7.15. The Morgan fingerprint density at radius 2 is 2.14 bits per heavy atom. The molecule has 0 aliphatic rings. The van der Waals surface area contributed by atoms with Gasteiger partial charge in [-0.05, 0) is 31.2 Å². The first-order valence-corrected chi connectivity index (χ1v) is 7.35. The van der Waals surface area contributed by atoms with Crippen LogP contribution < -0.4 is 0 Å². The molecule has 3 nitrogen and oxygen atoms in total. The Kier molecular flexibility index (Phi) is 3.61. The third-order valence-electron chi connectivity index (χ3n) is 3.01. The number of halogens is 2. The molecule has 0 aliphatic heterocycles. The molecule has 1 aromatic carbocycles. The zero-order valence-corrected chi connectivity index (χ0v) is 12.6. The molecule has 0 amide bonds. The average Bonchev–Trinajstić information content (AvgIpc) is 3.07. The molecule has 0 bridgehead atoms. The molecule has 0 saturated heterocycles. The molecule has 0 spiro atoms. The third kappa shape index (κ3) is 2.62. The summed E-state index contributed by atoms with van der Waals surface area (Å²) in [5.41, 5.74) is 1.57. The van der Waals surface area contributed by atoms with E-state index in [1.165, 1.54) is 16.8 Å². The molecule has 0 saturated carbocycles. The minimum atomic E-state index is -0.522. The van der Waals surface area contributed by atoms with Crippen LogP contribution in [0.1, 0.15) is 15.2 Å². The fraction of sp³-hybridized carbons (Fsp3) is 0.0667. The normalized spacial score (nSPS) is 10.8. The van der Waals surface area contributed by atoms with Gasteiger partial charge in [-0.25, -0.2) is 9.07 Å². The van der Waals surface area contributed by atoms with Gasteiger partial charge in [0.25, 0.3) is 0 Å². The SMILES string of the molecule is Cc1ccc(-c2nn(-c3ccc(Cl)c(F)c3)cc2C=O)s1. The van der Waals surface area contributed by atoms with Crippen molar-refractivity contribution in [2.75, 3.05) is 0 Å². The number of thiophene rings is 1. The molecule has 0 atom stereocenters. The predicted molar refractivity (Wildman–Crippen MR) is 82.0 cm³/mol. The van der Waals surface area contributed by atoms with Gasteiger partial charge in [0.1, 0.15) is 11.5 Å². The number of aromatic nitrogens is 2. The van der Waals surface area contributed by atoms with Gasteiger partial charge in [-0.15, -0.1) is 11.3 Å². The van der Waals surface area contributed by atoms with Crippen LogP contribution in [0.25, 0.3) is 16.3 Å². The van der Waals surface area contributed by atoms with Crippen molar-refractivity contribution in [3.8, 4) is 16.3 Å². The van der Waals surface area contributed by atoms with Crippen LogP contribution in [0, 0.1) is 12.7 Å². The third-order valence-corrected chi connectivity index (χ3v) is 4.32. The highest BCUT2D eigenvalue weighted by Gasteiger charge is 2.14. The van der Waals surface area contributed by atoms with E-state index >= 15 is 0 Å². The minimum absolute atomic E-state index is 0.0515. The maximum atomic E-state index is 13.5. The molecular formula is C15H10ClFN2OS. The number of hydrogen-bond donors (Lipinski definition) is 0. The maximum Gasteiger partial charge on any atom is 0.153 e. The van der Waals surface area contributed by atoms with Gasteiger partial charge in [-0.3, -0.25) is 4.79 Å². The van der Waals surface area contributed by atoms with E-state index in [-0.39, 0.29) is 5.02 Å². The van der Waals surface area contributed by atoms with E-state index in [9.17, 15) is 9.18 Å². The topological polar surface area (TPSA) is 34.9 Å². The molecule has 0 aliphatic carbocycles. The summed E-state index contributed by atoms with van der Waals surface area (Å²) in [5, 5.41) is 4.44. The molecule has 0 radical (unpaired) electrons. The molecular weight excluding hydrogens is 311 g/mol. The number of aldehydes is 1. The van der Waals surface area contributed by atoms with Crippen molar-refractivity contribution in [2.24, 2.45) is 0 Å². The Labute approximate surface area is 129 Å². The Morgan fingerprint density at radius 1 is 1.33 bits per heavy atom. The van der Waals surface area contributed by atoms with Gasteiger partial charge in [0.05, 0.1) is 21.2 Å². The number of rotatable bonds is 3. The highest BCUT2D eigenvalue weighted by atomic mass is 35.5. The lowest BCUT2D eigenvalue weighted by molar-refractivity contribution is 0.112. The average molecular weight is 321 g/mol. The lowest BCUT2D eigenvalue weighted by Crippen LogP contribution is -1.95. The number of carbonyl (C=O) groups is 1. The summed E-state index contributed by atoms with van der Waals surface area (Å²) in [7, 11) is 0. The quantitative estimate of drug-likeness (QED) is 0.665. The van der Waals surface area contributed by atoms with Crippen molar-refractivity contribution in [3.05, 3.63) is 57.8 Å². The molecule has 6 heteroatoms. The second kappa shape index (κ2) is 5.42. The predicted octanol–water partition coefficient (Wildman–Crippen LogP) is 4.51. The van der Waals surface area contributed by atoms with Crippen LogP contribution in [0.3, 0.4) is 0 Å². The number of hydrogen-bond acceptors (Lipinski definition) is 3. The first kappa shape index (κ1) is 14.0. The smallest absolute Gasteiger partial charge is 0.153 e. The van der Waals surface area contributed by atoms with Crippen molar-refractivity contribution >= 4 is 29.2 Å². The van der Waals surface area contributed by atoms with E-state index in [4.69, 9.17) is 11.6 Å². The van der Waals surface area contributed by atoms with Crippen LogP contribution in [0.2, 0.25) is 5.02 Å². The Balaban J connectivity index is 2.10. The van der Waals surface area contributed by atoms with Crippen molar-refractivity contribution in [1.82, 2.24) is 9.78 Å². The summed E-state index contributed by atoms with van der Waals surface area (Å²) in [6.07, 6.45) is 2.33. The van der Waals surface area contributed by atoms with Crippen LogP contribution >= 0.6 is 22.9 Å². The summed E-state index contributed by atoms with van der Waals surface area (Å²) >= 11 is 7.23. The highest BCUT2D eigenvalue weighted by Crippen LogP contribution is 2.29. The van der Waals surface area contributed by atoms with Crippen LogP contribution in [-0.2, 0) is 0 Å². The van der Waals surface area contributed by atoms with E-state index < -0.39 is 5.82 Å². The molecule has 3 rings (SSSR count). The van der Waals surface area contributed by atoms with Crippen molar-refractivity contribution in [3.63, 3.8) is 0 Å². The monoisotopic (exact) mass is 320 g/mol. The molecule has 2 heterocycles. The van der Waals surface area contributed by atoms with Gasteiger partial charge >= 0.3 is 0 Å². The van der Waals surface area contributed by atoms with E-state index in [1.807, 2.05) is 19.1 Å². The molecule has 3 aromatic rings. The van der Waals surface area contributed by atoms with Crippen molar-refractivity contribution in [2.45, 2.75) is 6.92 Å². The van der Waals surface area contributed by atoms with E-state index in [1.54, 1.807) is 23.6 Å². The van der Waals surface area contributed by atoms with E-state index in [2.05, 4.69) is 5.10 Å². The Morgan fingerprint density at radius 3 is 2.76 bits per heavy atom. The second-order valence-electron chi connectivity index (χ2n) is 4.50. The largest absolute Gasteiger partial charge is 0.298 e. The first-order valence-electron chi connectivity index (χ1n) is 6.15. The summed E-state index contributed by atoms with van der Waals surface area (Å²) in [4.78, 5) is 13.3. The van der Waals surface area contributed by atoms with Crippen molar-refractivity contribution < 1.29 is 9.18 Å². The number of carbonyl (C=O) groups excluding carboxylic acids is 1. The van der Waals surface area contributed by atoms with Gasteiger partial charge < -0.3 is 0 Å². The van der Waals surface area contributed by atoms with Crippen molar-refractivity contribution in [1.29, 1.82) is 0 Å². The Bertz CT molecular complexity index is 825. The van der Waals surface area contributed by atoms with Gasteiger partial charge in [0.2, 0.25) is 0 Å². The van der Waals surface area contributed by atoms with Gasteiger partial charge in [0, 0.05) is 17.1 Å². The van der Waals surface area contributed by atoms with E-state index in [0.29, 0.717) is 16.9 Å². The molecule has 0 fully saturated rings.